The molecule has 10 heteroatoms. The van der Waals surface area contributed by atoms with Crippen molar-refractivity contribution in [3.8, 4) is 11.6 Å². The highest BCUT2D eigenvalue weighted by atomic mass is 127. The predicted molar refractivity (Wildman–Crippen MR) is 144 cm³/mol. The van der Waals surface area contributed by atoms with Crippen LogP contribution in [0.3, 0.4) is 0 Å². The van der Waals surface area contributed by atoms with Gasteiger partial charge in [-0.15, -0.1) is 0 Å². The summed E-state index contributed by atoms with van der Waals surface area (Å²) in [5.41, 5.74) is 0.266. The third kappa shape index (κ3) is 5.14. The maximum absolute atomic E-state index is 13.4. The number of carbonyl (C=O) groups excluding carboxylic acids is 1. The average Bonchev–Trinajstić information content (AvgIpc) is 3.52. The van der Waals surface area contributed by atoms with E-state index in [1.807, 2.05) is 12.3 Å². The van der Waals surface area contributed by atoms with Gasteiger partial charge in [0, 0.05) is 28.9 Å². The molecule has 3 aliphatic heterocycles. The van der Waals surface area contributed by atoms with Gasteiger partial charge >= 0.3 is 0 Å². The van der Waals surface area contributed by atoms with E-state index in [0.29, 0.717) is 34.6 Å². The Balaban J connectivity index is 1.56. The van der Waals surface area contributed by atoms with E-state index in [1.54, 1.807) is 47.3 Å². The van der Waals surface area contributed by atoms with Crippen molar-refractivity contribution in [1.29, 1.82) is 0 Å². The molecule has 0 saturated carbocycles. The fraction of sp³-hybridized carbons (Fsp3) is 0.400. The van der Waals surface area contributed by atoms with Gasteiger partial charge in [0.2, 0.25) is 0 Å². The molecule has 1 fully saturated rings. The Hall–Kier alpha value is -2.31. The summed E-state index contributed by atoms with van der Waals surface area (Å²) < 4.78 is 24.1. The summed E-state index contributed by atoms with van der Waals surface area (Å²) in [5, 5.41) is 4.32. The molecule has 8 nitrogen and oxygen atoms in total. The molecule has 35 heavy (non-hydrogen) atoms. The number of pyridine rings is 1. The van der Waals surface area contributed by atoms with Crippen LogP contribution in [0.1, 0.15) is 43.0 Å². The lowest BCUT2D eigenvalue weighted by Crippen LogP contribution is -2.44. The Kier molecular flexibility index (Phi) is 7.21. The zero-order valence-electron chi connectivity index (χ0n) is 19.5. The Morgan fingerprint density at radius 1 is 1.26 bits per heavy atom. The average molecular weight is 606 g/mol. The van der Waals surface area contributed by atoms with E-state index in [9.17, 15) is 9.35 Å². The van der Waals surface area contributed by atoms with Crippen LogP contribution in [0.5, 0.6) is 5.75 Å². The van der Waals surface area contributed by atoms with Crippen molar-refractivity contribution in [1.82, 2.24) is 19.5 Å². The van der Waals surface area contributed by atoms with E-state index >= 15 is 0 Å². The minimum absolute atomic E-state index is 0.147. The van der Waals surface area contributed by atoms with Crippen molar-refractivity contribution in [2.45, 2.75) is 43.0 Å². The molecule has 2 aromatic heterocycles. The first kappa shape index (κ1) is 24.4. The zero-order valence-corrected chi connectivity index (χ0v) is 22.5. The van der Waals surface area contributed by atoms with Gasteiger partial charge in [-0.05, 0) is 81.0 Å². The summed E-state index contributed by atoms with van der Waals surface area (Å²) in [6, 6.07) is 12.4. The normalized spacial score (nSPS) is 25.0. The van der Waals surface area contributed by atoms with E-state index in [2.05, 4.69) is 44.2 Å². The quantitative estimate of drug-likeness (QED) is 0.266. The van der Waals surface area contributed by atoms with Gasteiger partial charge in [0.25, 0.3) is 5.91 Å². The number of ether oxygens (including phenoxy) is 1. The van der Waals surface area contributed by atoms with E-state index < -0.39 is 17.3 Å². The van der Waals surface area contributed by atoms with Crippen molar-refractivity contribution in [2.75, 3.05) is 22.5 Å². The maximum Gasteiger partial charge on any atom is 0.296 e. The minimum Gasteiger partial charge on any atom is -0.588 e. The van der Waals surface area contributed by atoms with E-state index in [1.165, 1.54) is 0 Å². The molecule has 0 aliphatic carbocycles. The van der Waals surface area contributed by atoms with Gasteiger partial charge in [0.05, 0.1) is 12.2 Å². The number of fused-ring (bicyclic) bond motifs is 8. The number of nitrogens with zero attached hydrogens (tertiary/aromatic N) is 4. The molecular formula is C25H28IN5O3S. The number of rotatable bonds is 2. The van der Waals surface area contributed by atoms with Gasteiger partial charge < -0.3 is 14.2 Å². The molecule has 5 heterocycles. The van der Waals surface area contributed by atoms with Crippen molar-refractivity contribution >= 4 is 45.7 Å². The number of nitrogens with one attached hydrogen (secondary N) is 1. The van der Waals surface area contributed by atoms with E-state index in [0.717, 1.165) is 42.4 Å². The molecular weight excluding hydrogens is 577 g/mol. The van der Waals surface area contributed by atoms with Crippen LogP contribution < -0.4 is 14.4 Å². The Bertz CT molecular complexity index is 1180. The highest BCUT2D eigenvalue weighted by Gasteiger charge is 2.43. The monoisotopic (exact) mass is 605 g/mol. The number of hydrogen-bond acceptors (Lipinski definition) is 6. The lowest BCUT2D eigenvalue weighted by Gasteiger charge is -2.35. The molecule has 3 unspecified atom stereocenters. The minimum atomic E-state index is -1.71. The van der Waals surface area contributed by atoms with Gasteiger partial charge in [-0.1, -0.05) is 22.6 Å². The maximum atomic E-state index is 13.4. The molecule has 1 saturated heterocycles. The standard InChI is InChI=1S/C25H28IN5O3S/c1-25(17-26)15-18-5-2-3-14-34-19-6-8-20(9-7-19)35(33)29-24(32)21-10-11-22(31-13-4-12-27-31)28-23(21)30(25)16-18/h4,6-13,18H,2-3,5,14-17H2,1H3,(H,29,32). The van der Waals surface area contributed by atoms with Gasteiger partial charge in [0.15, 0.2) is 10.7 Å². The lowest BCUT2D eigenvalue weighted by molar-refractivity contribution is 0.0981. The third-order valence-corrected chi connectivity index (χ3v) is 9.42. The highest BCUT2D eigenvalue weighted by molar-refractivity contribution is 14.1. The fourth-order valence-corrected chi connectivity index (χ4v) is 6.38. The second-order valence-corrected chi connectivity index (χ2v) is 11.3. The molecule has 0 radical (unpaired) electrons. The second-order valence-electron chi connectivity index (χ2n) is 9.32. The topological polar surface area (TPSA) is 95.3 Å². The number of halogens is 1. The predicted octanol–water partition coefficient (Wildman–Crippen LogP) is 4.30. The molecule has 1 N–H and O–H groups in total. The first-order valence-corrected chi connectivity index (χ1v) is 14.4. The molecule has 3 aliphatic rings. The first-order valence-electron chi connectivity index (χ1n) is 11.8. The summed E-state index contributed by atoms with van der Waals surface area (Å²) in [7, 11) is 0. The van der Waals surface area contributed by atoms with Crippen molar-refractivity contribution in [2.24, 2.45) is 5.92 Å². The lowest BCUT2D eigenvalue weighted by atomic mass is 9.93. The molecule has 3 atom stereocenters. The first-order chi connectivity index (χ1) is 17.0. The van der Waals surface area contributed by atoms with Crippen LogP contribution in [0.15, 0.2) is 59.8 Å². The summed E-state index contributed by atoms with van der Waals surface area (Å²) in [5.74, 6) is 2.07. The molecule has 0 spiro atoms. The van der Waals surface area contributed by atoms with E-state index in [-0.39, 0.29) is 5.54 Å². The van der Waals surface area contributed by atoms with Crippen LogP contribution in [0.2, 0.25) is 0 Å². The van der Waals surface area contributed by atoms with Gasteiger partial charge in [-0.25, -0.2) is 9.67 Å². The molecule has 1 aromatic carbocycles. The smallest absolute Gasteiger partial charge is 0.296 e. The van der Waals surface area contributed by atoms with Gasteiger partial charge in [-0.3, -0.25) is 4.79 Å². The fourth-order valence-electron chi connectivity index (χ4n) is 4.87. The second kappa shape index (κ2) is 10.4. The molecule has 6 rings (SSSR count). The number of alkyl halides is 1. The largest absolute Gasteiger partial charge is 0.588 e. The van der Waals surface area contributed by atoms with Crippen molar-refractivity contribution in [3.05, 3.63) is 60.4 Å². The zero-order chi connectivity index (χ0) is 24.4. The van der Waals surface area contributed by atoms with Crippen LogP contribution in [0.25, 0.3) is 5.82 Å². The highest BCUT2D eigenvalue weighted by Crippen LogP contribution is 2.41. The summed E-state index contributed by atoms with van der Waals surface area (Å²) in [4.78, 5) is 21.1. The molecule has 184 valence electrons. The Labute approximate surface area is 221 Å². The van der Waals surface area contributed by atoms with Crippen LogP contribution >= 0.6 is 22.6 Å². The number of benzene rings is 1. The number of anilines is 1. The summed E-state index contributed by atoms with van der Waals surface area (Å²) in [6.45, 7) is 3.71. The molecule has 1 amide bonds. The van der Waals surface area contributed by atoms with Crippen LogP contribution in [0.4, 0.5) is 5.82 Å². The number of amides is 1. The summed E-state index contributed by atoms with van der Waals surface area (Å²) >= 11 is 0.722. The number of carbonyl (C=O) groups is 1. The summed E-state index contributed by atoms with van der Waals surface area (Å²) in [6.07, 6.45) is 7.70. The molecule has 4 bridgehead atoms. The van der Waals surface area contributed by atoms with Gasteiger partial charge in [-0.2, -0.15) is 9.82 Å². The van der Waals surface area contributed by atoms with Crippen LogP contribution in [-0.2, 0) is 11.4 Å². The van der Waals surface area contributed by atoms with Crippen LogP contribution in [-0.4, -0.2) is 48.3 Å². The molecule has 3 aromatic rings. The van der Waals surface area contributed by atoms with E-state index in [4.69, 9.17) is 9.72 Å². The van der Waals surface area contributed by atoms with Crippen molar-refractivity contribution in [3.63, 3.8) is 0 Å². The third-order valence-electron chi connectivity index (χ3n) is 6.71. The van der Waals surface area contributed by atoms with Gasteiger partial charge in [0.1, 0.15) is 22.9 Å². The van der Waals surface area contributed by atoms with Crippen LogP contribution in [0, 0.1) is 5.92 Å². The Morgan fingerprint density at radius 2 is 2.09 bits per heavy atom. The number of aromatic nitrogens is 3. The SMILES string of the molecule is CC1(CI)CC2CCCCOc3ccc(cc3)[S+]([O-])NC(=O)c3ccc(-n4cccn4)nc3N1C2. The van der Waals surface area contributed by atoms with Crippen molar-refractivity contribution < 1.29 is 14.1 Å². The number of hydrogen-bond donors (Lipinski definition) is 1. The Morgan fingerprint density at radius 3 is 2.83 bits per heavy atom.